The summed E-state index contributed by atoms with van der Waals surface area (Å²) in [6.07, 6.45) is 3.78. The van der Waals surface area contributed by atoms with Gasteiger partial charge in [0.2, 0.25) is 0 Å². The summed E-state index contributed by atoms with van der Waals surface area (Å²) in [5.74, 6) is -1.10. The van der Waals surface area contributed by atoms with Crippen molar-refractivity contribution in [2.45, 2.75) is 6.54 Å². The summed E-state index contributed by atoms with van der Waals surface area (Å²) in [5, 5.41) is 15.3. The maximum atomic E-state index is 13.9. The van der Waals surface area contributed by atoms with Gasteiger partial charge in [0.15, 0.2) is 17.5 Å². The Labute approximate surface area is 164 Å². The zero-order valence-electron chi connectivity index (χ0n) is 15.2. The number of halogens is 2. The lowest BCUT2D eigenvalue weighted by atomic mass is 10.2. The molecule has 0 amide bonds. The molecule has 8 nitrogen and oxygen atoms in total. The van der Waals surface area contributed by atoms with E-state index >= 15 is 0 Å². The molecule has 0 radical (unpaired) electrons. The van der Waals surface area contributed by atoms with Crippen molar-refractivity contribution >= 4 is 17.2 Å². The minimum Gasteiger partial charge on any atom is -0.396 e. The lowest BCUT2D eigenvalue weighted by Gasteiger charge is -2.07. The first-order valence-corrected chi connectivity index (χ1v) is 8.62. The van der Waals surface area contributed by atoms with Crippen molar-refractivity contribution in [3.8, 4) is 0 Å². The summed E-state index contributed by atoms with van der Waals surface area (Å²) in [7, 11) is 0. The SMILES string of the molecule is NC(=CC(=NCc1ccccc1F)c1ccon1)c1ncc(F)c(NCCO)n1. The summed E-state index contributed by atoms with van der Waals surface area (Å²) in [5.41, 5.74) is 7.26. The third-order valence-corrected chi connectivity index (χ3v) is 3.78. The van der Waals surface area contributed by atoms with E-state index in [4.69, 9.17) is 15.4 Å². The second kappa shape index (κ2) is 9.51. The van der Waals surface area contributed by atoms with Crippen LogP contribution >= 0.6 is 0 Å². The van der Waals surface area contributed by atoms with E-state index < -0.39 is 5.82 Å². The van der Waals surface area contributed by atoms with Gasteiger partial charge < -0.3 is 20.7 Å². The van der Waals surface area contributed by atoms with Gasteiger partial charge in [0.25, 0.3) is 0 Å². The topological polar surface area (TPSA) is 122 Å². The summed E-state index contributed by atoms with van der Waals surface area (Å²) >= 11 is 0. The molecule has 0 saturated heterocycles. The van der Waals surface area contributed by atoms with Crippen molar-refractivity contribution in [3.05, 3.63) is 77.6 Å². The number of nitrogens with two attached hydrogens (primary N) is 1. The normalized spacial score (nSPS) is 12.2. The fourth-order valence-corrected chi connectivity index (χ4v) is 2.36. The Kier molecular flexibility index (Phi) is 6.59. The Bertz CT molecular complexity index is 1020. The van der Waals surface area contributed by atoms with Crippen LogP contribution in [-0.4, -0.2) is 39.1 Å². The average molecular weight is 400 g/mol. The molecule has 4 N–H and O–H groups in total. The minimum atomic E-state index is -0.681. The number of hydrogen-bond acceptors (Lipinski definition) is 8. The molecule has 3 aromatic rings. The molecule has 0 aliphatic rings. The Morgan fingerprint density at radius 2 is 2.07 bits per heavy atom. The van der Waals surface area contributed by atoms with Crippen molar-refractivity contribution < 1.29 is 18.4 Å². The van der Waals surface area contributed by atoms with E-state index in [-0.39, 0.29) is 42.9 Å². The molecule has 0 saturated carbocycles. The third kappa shape index (κ3) is 5.20. The molecular formula is C19H18F2N6O2. The number of hydrogen-bond donors (Lipinski definition) is 3. The molecule has 0 aliphatic carbocycles. The number of benzene rings is 1. The molecule has 10 heteroatoms. The van der Waals surface area contributed by atoms with Gasteiger partial charge in [0, 0.05) is 18.2 Å². The summed E-state index contributed by atoms with van der Waals surface area (Å²) in [6.45, 7) is -0.0272. The number of nitrogens with zero attached hydrogens (tertiary/aromatic N) is 4. The molecule has 0 bridgehead atoms. The molecule has 0 atom stereocenters. The van der Waals surface area contributed by atoms with Crippen LogP contribution in [0.3, 0.4) is 0 Å². The van der Waals surface area contributed by atoms with Crippen LogP contribution < -0.4 is 11.1 Å². The van der Waals surface area contributed by atoms with Crippen LogP contribution in [0.2, 0.25) is 0 Å². The van der Waals surface area contributed by atoms with Gasteiger partial charge in [0.05, 0.1) is 30.8 Å². The first-order valence-electron chi connectivity index (χ1n) is 8.62. The highest BCUT2D eigenvalue weighted by Gasteiger charge is 2.12. The smallest absolute Gasteiger partial charge is 0.183 e. The first-order chi connectivity index (χ1) is 14.1. The van der Waals surface area contributed by atoms with Crippen molar-refractivity contribution in [2.24, 2.45) is 10.7 Å². The summed E-state index contributed by atoms with van der Waals surface area (Å²) in [6, 6.07) is 7.84. The quantitative estimate of drug-likeness (QED) is 0.495. The van der Waals surface area contributed by atoms with Gasteiger partial charge >= 0.3 is 0 Å². The Balaban J connectivity index is 1.92. The molecular weight excluding hydrogens is 382 g/mol. The average Bonchev–Trinajstić information content (AvgIpc) is 3.26. The van der Waals surface area contributed by atoms with E-state index in [0.717, 1.165) is 6.20 Å². The van der Waals surface area contributed by atoms with Crippen molar-refractivity contribution in [2.75, 3.05) is 18.5 Å². The zero-order valence-corrected chi connectivity index (χ0v) is 15.2. The fraction of sp³-hybridized carbons (Fsp3) is 0.158. The third-order valence-electron chi connectivity index (χ3n) is 3.78. The monoisotopic (exact) mass is 400 g/mol. The molecule has 0 spiro atoms. The summed E-state index contributed by atoms with van der Waals surface area (Å²) < 4.78 is 32.5. The van der Waals surface area contributed by atoms with Crippen LogP contribution in [0, 0.1) is 11.6 Å². The molecule has 150 valence electrons. The number of nitrogens with one attached hydrogen (secondary N) is 1. The highest BCUT2D eigenvalue weighted by molar-refractivity contribution is 6.10. The van der Waals surface area contributed by atoms with Crippen LogP contribution in [0.25, 0.3) is 5.70 Å². The molecule has 2 aromatic heterocycles. The predicted octanol–water partition coefficient (Wildman–Crippen LogP) is 2.14. The van der Waals surface area contributed by atoms with Gasteiger partial charge in [-0.2, -0.15) is 0 Å². The Morgan fingerprint density at radius 1 is 1.24 bits per heavy atom. The fourth-order valence-electron chi connectivity index (χ4n) is 2.36. The zero-order chi connectivity index (χ0) is 20.6. The van der Waals surface area contributed by atoms with Crippen LogP contribution in [-0.2, 0) is 6.54 Å². The number of aliphatic hydroxyl groups is 1. The van der Waals surface area contributed by atoms with Gasteiger partial charge in [-0.25, -0.2) is 18.7 Å². The van der Waals surface area contributed by atoms with Crippen LogP contribution in [0.1, 0.15) is 17.1 Å². The number of aliphatic imine (C=N–C) groups is 1. The van der Waals surface area contributed by atoms with E-state index in [1.54, 1.807) is 24.3 Å². The second-order valence-corrected chi connectivity index (χ2v) is 5.82. The van der Waals surface area contributed by atoms with Gasteiger partial charge in [-0.3, -0.25) is 4.99 Å². The maximum Gasteiger partial charge on any atom is 0.183 e. The predicted molar refractivity (Wildman–Crippen MR) is 103 cm³/mol. The van der Waals surface area contributed by atoms with Crippen LogP contribution in [0.15, 0.2) is 58.4 Å². The van der Waals surface area contributed by atoms with Gasteiger partial charge in [-0.05, 0) is 12.1 Å². The standard InChI is InChI=1S/C19H18F2N6O2/c20-13-4-2-1-3-12(13)10-24-17(16-5-8-29-27-16)9-15(22)19-25-11-14(21)18(26-19)23-6-7-28/h1-5,8-9,11,28H,6-7,10,22H2,(H,23,25,26). The maximum absolute atomic E-state index is 13.9. The van der Waals surface area contributed by atoms with E-state index in [0.29, 0.717) is 17.0 Å². The molecule has 29 heavy (non-hydrogen) atoms. The highest BCUT2D eigenvalue weighted by atomic mass is 19.1. The van der Waals surface area contributed by atoms with E-state index in [1.807, 2.05) is 0 Å². The number of rotatable bonds is 8. The summed E-state index contributed by atoms with van der Waals surface area (Å²) in [4.78, 5) is 12.3. The van der Waals surface area contributed by atoms with Gasteiger partial charge in [0.1, 0.15) is 17.8 Å². The van der Waals surface area contributed by atoms with E-state index in [1.165, 1.54) is 18.4 Å². The first kappa shape index (κ1) is 20.1. The van der Waals surface area contributed by atoms with E-state index in [9.17, 15) is 8.78 Å². The minimum absolute atomic E-state index is 0.0478. The largest absolute Gasteiger partial charge is 0.396 e. The number of aliphatic hydroxyl groups excluding tert-OH is 1. The lowest BCUT2D eigenvalue weighted by Crippen LogP contribution is -2.13. The van der Waals surface area contributed by atoms with Crippen LogP contribution in [0.4, 0.5) is 14.6 Å². The lowest BCUT2D eigenvalue weighted by molar-refractivity contribution is 0.310. The van der Waals surface area contributed by atoms with Crippen molar-refractivity contribution in [1.82, 2.24) is 15.1 Å². The van der Waals surface area contributed by atoms with Crippen LogP contribution in [0.5, 0.6) is 0 Å². The molecule has 0 aliphatic heterocycles. The van der Waals surface area contributed by atoms with Gasteiger partial charge in [-0.15, -0.1) is 0 Å². The molecule has 3 rings (SSSR count). The highest BCUT2D eigenvalue weighted by Crippen LogP contribution is 2.14. The molecule has 1 aromatic carbocycles. The number of aromatic nitrogens is 3. The Morgan fingerprint density at radius 3 is 2.79 bits per heavy atom. The van der Waals surface area contributed by atoms with Crippen molar-refractivity contribution in [3.63, 3.8) is 0 Å². The molecule has 0 fully saturated rings. The molecule has 0 unspecified atom stereocenters. The molecule has 2 heterocycles. The Hall–Kier alpha value is -3.66. The second-order valence-electron chi connectivity index (χ2n) is 5.82. The van der Waals surface area contributed by atoms with E-state index in [2.05, 4.69) is 25.4 Å². The van der Waals surface area contributed by atoms with Crippen molar-refractivity contribution in [1.29, 1.82) is 0 Å². The van der Waals surface area contributed by atoms with Gasteiger partial charge in [-0.1, -0.05) is 23.4 Å². The number of allylic oxidation sites excluding steroid dienone is 1. The number of anilines is 1.